The number of nitrogens with zero attached hydrogens (tertiary/aromatic N) is 1. The average Bonchev–Trinajstić information content (AvgIpc) is 2.88. The molecule has 1 aromatic carbocycles. The Morgan fingerprint density at radius 1 is 1.39 bits per heavy atom. The SMILES string of the molecule is CCNCc1cccc(Cl)c1OCc1ccno1. The maximum absolute atomic E-state index is 6.15. The molecule has 1 heterocycles. The van der Waals surface area contributed by atoms with Gasteiger partial charge in [-0.3, -0.25) is 0 Å². The van der Waals surface area contributed by atoms with Gasteiger partial charge >= 0.3 is 0 Å². The highest BCUT2D eigenvalue weighted by Gasteiger charge is 2.09. The van der Waals surface area contributed by atoms with Crippen molar-refractivity contribution < 1.29 is 9.26 Å². The first-order valence-electron chi connectivity index (χ1n) is 5.81. The summed E-state index contributed by atoms with van der Waals surface area (Å²) in [6.45, 7) is 4.00. The second-order valence-corrected chi connectivity index (χ2v) is 4.18. The van der Waals surface area contributed by atoms with Crippen LogP contribution in [0.3, 0.4) is 0 Å². The number of halogens is 1. The van der Waals surface area contributed by atoms with Crippen LogP contribution in [0.1, 0.15) is 18.2 Å². The molecule has 0 amide bonds. The lowest BCUT2D eigenvalue weighted by Gasteiger charge is -2.12. The lowest BCUT2D eigenvalue weighted by molar-refractivity contribution is 0.247. The molecule has 0 aliphatic rings. The fourth-order valence-electron chi connectivity index (χ4n) is 1.57. The number of nitrogens with one attached hydrogen (secondary N) is 1. The van der Waals surface area contributed by atoms with Gasteiger partial charge in [0.25, 0.3) is 0 Å². The Bertz CT molecular complexity index is 486. The molecule has 0 radical (unpaired) electrons. The van der Waals surface area contributed by atoms with Gasteiger partial charge in [0.1, 0.15) is 12.4 Å². The monoisotopic (exact) mass is 266 g/mol. The summed E-state index contributed by atoms with van der Waals surface area (Å²) in [5.41, 5.74) is 1.03. The third-order valence-electron chi connectivity index (χ3n) is 2.46. The van der Waals surface area contributed by atoms with Crippen LogP contribution in [0.5, 0.6) is 5.75 Å². The first-order chi connectivity index (χ1) is 8.81. The van der Waals surface area contributed by atoms with E-state index in [4.69, 9.17) is 20.9 Å². The van der Waals surface area contributed by atoms with Gasteiger partial charge in [0.05, 0.1) is 11.2 Å². The van der Waals surface area contributed by atoms with Crippen molar-refractivity contribution in [1.82, 2.24) is 10.5 Å². The highest BCUT2D eigenvalue weighted by Crippen LogP contribution is 2.29. The molecule has 0 saturated heterocycles. The molecule has 2 aromatic rings. The molecule has 0 aliphatic carbocycles. The van der Waals surface area contributed by atoms with Gasteiger partial charge in [-0.1, -0.05) is 35.8 Å². The minimum Gasteiger partial charge on any atom is -0.484 e. The van der Waals surface area contributed by atoms with Crippen molar-refractivity contribution in [3.63, 3.8) is 0 Å². The first kappa shape index (κ1) is 12.9. The zero-order chi connectivity index (χ0) is 12.8. The van der Waals surface area contributed by atoms with Crippen LogP contribution in [0.4, 0.5) is 0 Å². The summed E-state index contributed by atoms with van der Waals surface area (Å²) in [7, 11) is 0. The molecule has 2 rings (SSSR count). The van der Waals surface area contributed by atoms with E-state index in [0.717, 1.165) is 18.7 Å². The molecule has 1 N–H and O–H groups in total. The van der Waals surface area contributed by atoms with E-state index in [1.165, 1.54) is 0 Å². The quantitative estimate of drug-likeness (QED) is 0.873. The van der Waals surface area contributed by atoms with Crippen molar-refractivity contribution in [2.75, 3.05) is 6.54 Å². The molecule has 96 valence electrons. The van der Waals surface area contributed by atoms with E-state index in [-0.39, 0.29) is 0 Å². The Hall–Kier alpha value is -1.52. The molecule has 0 fully saturated rings. The predicted octanol–water partition coefficient (Wildman–Crippen LogP) is 3.02. The number of hydrogen-bond donors (Lipinski definition) is 1. The van der Waals surface area contributed by atoms with Gasteiger partial charge in [-0.05, 0) is 12.6 Å². The number of para-hydroxylation sites is 1. The maximum atomic E-state index is 6.15. The smallest absolute Gasteiger partial charge is 0.174 e. The van der Waals surface area contributed by atoms with Crippen LogP contribution in [0.15, 0.2) is 35.0 Å². The fourth-order valence-corrected chi connectivity index (χ4v) is 1.82. The van der Waals surface area contributed by atoms with Gasteiger partial charge in [0, 0.05) is 18.2 Å². The highest BCUT2D eigenvalue weighted by atomic mass is 35.5. The van der Waals surface area contributed by atoms with E-state index in [9.17, 15) is 0 Å². The van der Waals surface area contributed by atoms with E-state index < -0.39 is 0 Å². The van der Waals surface area contributed by atoms with Crippen molar-refractivity contribution >= 4 is 11.6 Å². The van der Waals surface area contributed by atoms with Gasteiger partial charge in [0.15, 0.2) is 5.76 Å². The molecule has 0 unspecified atom stereocenters. The second-order valence-electron chi connectivity index (χ2n) is 3.78. The number of rotatable bonds is 6. The zero-order valence-electron chi connectivity index (χ0n) is 10.1. The third-order valence-corrected chi connectivity index (χ3v) is 2.76. The van der Waals surface area contributed by atoms with Crippen LogP contribution in [0.2, 0.25) is 5.02 Å². The second kappa shape index (κ2) is 6.42. The summed E-state index contributed by atoms with van der Waals surface area (Å²) >= 11 is 6.15. The van der Waals surface area contributed by atoms with E-state index in [1.807, 2.05) is 18.2 Å². The summed E-state index contributed by atoms with van der Waals surface area (Å²) in [4.78, 5) is 0. The molecule has 0 bridgehead atoms. The Morgan fingerprint density at radius 2 is 2.28 bits per heavy atom. The minimum atomic E-state index is 0.322. The average molecular weight is 267 g/mol. The van der Waals surface area contributed by atoms with Crippen molar-refractivity contribution in [3.05, 3.63) is 46.8 Å². The van der Waals surface area contributed by atoms with Crippen molar-refractivity contribution in [2.45, 2.75) is 20.1 Å². The predicted molar refractivity (Wildman–Crippen MR) is 69.7 cm³/mol. The molecular weight excluding hydrogens is 252 g/mol. The standard InChI is InChI=1S/C13H15ClN2O2/c1-2-15-8-10-4-3-5-12(14)13(10)17-9-11-6-7-16-18-11/h3-7,15H,2,8-9H2,1H3. The van der Waals surface area contributed by atoms with Crippen molar-refractivity contribution in [3.8, 4) is 5.75 Å². The molecule has 0 aliphatic heterocycles. The molecule has 4 nitrogen and oxygen atoms in total. The van der Waals surface area contributed by atoms with Gasteiger partial charge in [-0.25, -0.2) is 0 Å². The number of aromatic nitrogens is 1. The lowest BCUT2D eigenvalue weighted by Crippen LogP contribution is -2.13. The molecule has 1 aromatic heterocycles. The van der Waals surface area contributed by atoms with Crippen LogP contribution in [0, 0.1) is 0 Å². The minimum absolute atomic E-state index is 0.322. The number of benzene rings is 1. The van der Waals surface area contributed by atoms with Crippen LogP contribution >= 0.6 is 11.6 Å². The van der Waals surface area contributed by atoms with Crippen LogP contribution in [-0.4, -0.2) is 11.7 Å². The Morgan fingerprint density at radius 3 is 3.00 bits per heavy atom. The van der Waals surface area contributed by atoms with E-state index >= 15 is 0 Å². The molecular formula is C13H15ClN2O2. The van der Waals surface area contributed by atoms with Gasteiger partial charge in [-0.15, -0.1) is 0 Å². The lowest BCUT2D eigenvalue weighted by atomic mass is 10.2. The van der Waals surface area contributed by atoms with Crippen molar-refractivity contribution in [2.24, 2.45) is 0 Å². The molecule has 0 spiro atoms. The zero-order valence-corrected chi connectivity index (χ0v) is 10.9. The Labute approximate surface area is 111 Å². The summed E-state index contributed by atoms with van der Waals surface area (Å²) in [5.74, 6) is 1.36. The molecule has 0 atom stereocenters. The van der Waals surface area contributed by atoms with Crippen LogP contribution in [0.25, 0.3) is 0 Å². The Balaban J connectivity index is 2.09. The topological polar surface area (TPSA) is 47.3 Å². The van der Waals surface area contributed by atoms with Crippen molar-refractivity contribution in [1.29, 1.82) is 0 Å². The molecule has 5 heteroatoms. The normalized spacial score (nSPS) is 10.6. The summed E-state index contributed by atoms with van der Waals surface area (Å²) in [6, 6.07) is 7.48. The van der Waals surface area contributed by atoms with E-state index in [2.05, 4.69) is 17.4 Å². The van der Waals surface area contributed by atoms with Crippen LogP contribution in [-0.2, 0) is 13.2 Å². The third kappa shape index (κ3) is 3.24. The van der Waals surface area contributed by atoms with E-state index in [0.29, 0.717) is 23.1 Å². The van der Waals surface area contributed by atoms with Gasteiger partial charge < -0.3 is 14.6 Å². The summed E-state index contributed by atoms with van der Waals surface area (Å²) in [5, 5.41) is 7.48. The summed E-state index contributed by atoms with van der Waals surface area (Å²) < 4.78 is 10.7. The molecule has 18 heavy (non-hydrogen) atoms. The maximum Gasteiger partial charge on any atom is 0.174 e. The van der Waals surface area contributed by atoms with Gasteiger partial charge in [0.2, 0.25) is 0 Å². The Kier molecular flexibility index (Phi) is 4.61. The fraction of sp³-hybridized carbons (Fsp3) is 0.308. The first-order valence-corrected chi connectivity index (χ1v) is 6.19. The van der Waals surface area contributed by atoms with Gasteiger partial charge in [-0.2, -0.15) is 0 Å². The number of hydrogen-bond acceptors (Lipinski definition) is 4. The highest BCUT2D eigenvalue weighted by molar-refractivity contribution is 6.32. The van der Waals surface area contributed by atoms with Crippen LogP contribution < -0.4 is 10.1 Å². The molecule has 0 saturated carbocycles. The number of ether oxygens (including phenoxy) is 1. The largest absolute Gasteiger partial charge is 0.484 e. The summed E-state index contributed by atoms with van der Waals surface area (Å²) in [6.07, 6.45) is 1.59. The van der Waals surface area contributed by atoms with E-state index in [1.54, 1.807) is 12.3 Å².